The molecule has 2 rings (SSSR count). The lowest BCUT2D eigenvalue weighted by Crippen LogP contribution is -2.41. The van der Waals surface area contributed by atoms with E-state index in [0.29, 0.717) is 24.6 Å². The molecule has 1 saturated heterocycles. The molecular formula is C13H20N2O3S2. The monoisotopic (exact) mass is 316 g/mol. The molecule has 0 aliphatic carbocycles. The average molecular weight is 316 g/mol. The third-order valence-corrected chi connectivity index (χ3v) is 6.67. The molecule has 0 radical (unpaired) electrons. The third-order valence-electron chi connectivity index (χ3n) is 3.50. The van der Waals surface area contributed by atoms with Crippen molar-refractivity contribution < 1.29 is 12.6 Å². The first-order chi connectivity index (χ1) is 9.45. The number of sulfonamides is 1. The van der Waals surface area contributed by atoms with Gasteiger partial charge in [0, 0.05) is 41.4 Å². The lowest BCUT2D eigenvalue weighted by atomic mass is 10.1. The molecule has 1 fully saturated rings. The summed E-state index contributed by atoms with van der Waals surface area (Å²) in [5.74, 6) is 0.820. The minimum atomic E-state index is -3.51. The van der Waals surface area contributed by atoms with Gasteiger partial charge in [-0.1, -0.05) is 19.1 Å². The molecule has 1 heterocycles. The summed E-state index contributed by atoms with van der Waals surface area (Å²) in [7, 11) is -4.40. The highest BCUT2D eigenvalue weighted by Gasteiger charge is 2.28. The van der Waals surface area contributed by atoms with Gasteiger partial charge in [0.05, 0.1) is 4.90 Å². The molecule has 5 nitrogen and oxygen atoms in total. The zero-order chi connectivity index (χ0) is 14.8. The van der Waals surface area contributed by atoms with Gasteiger partial charge in [0.25, 0.3) is 0 Å². The van der Waals surface area contributed by atoms with Crippen LogP contribution in [0.25, 0.3) is 0 Å². The van der Waals surface area contributed by atoms with Crippen LogP contribution in [-0.4, -0.2) is 41.5 Å². The van der Waals surface area contributed by atoms with Crippen LogP contribution in [0.2, 0.25) is 0 Å². The summed E-state index contributed by atoms with van der Waals surface area (Å²) in [4.78, 5) is 0.270. The van der Waals surface area contributed by atoms with Crippen molar-refractivity contribution in [2.45, 2.75) is 24.3 Å². The smallest absolute Gasteiger partial charge is 0.243 e. The number of nitrogens with two attached hydrogens (primary N) is 1. The van der Waals surface area contributed by atoms with E-state index in [2.05, 4.69) is 0 Å². The predicted octanol–water partition coefficient (Wildman–Crippen LogP) is 0.849. The van der Waals surface area contributed by atoms with Crippen LogP contribution >= 0.6 is 0 Å². The molecule has 0 bridgehead atoms. The molecule has 112 valence electrons. The molecule has 1 aliphatic heterocycles. The molecule has 1 unspecified atom stereocenters. The van der Waals surface area contributed by atoms with E-state index in [1.165, 1.54) is 4.31 Å². The summed E-state index contributed by atoms with van der Waals surface area (Å²) >= 11 is 0. The second-order valence-electron chi connectivity index (χ2n) is 4.84. The van der Waals surface area contributed by atoms with Crippen LogP contribution in [0.4, 0.5) is 0 Å². The van der Waals surface area contributed by atoms with Crippen molar-refractivity contribution in [1.29, 1.82) is 0 Å². The average Bonchev–Trinajstić information content (AvgIpc) is 2.47. The predicted molar refractivity (Wildman–Crippen MR) is 80.3 cm³/mol. The third kappa shape index (κ3) is 3.28. The standard InChI is InChI=1S/C13H20N2O3S2/c1-2-13(14)11-4-3-5-12(10-11)20(17,18)15-6-8-19(16)9-7-15/h3-5,10,13H,2,6-9,14H2,1H3. The first-order valence-electron chi connectivity index (χ1n) is 6.66. The van der Waals surface area contributed by atoms with Crippen LogP contribution in [0.5, 0.6) is 0 Å². The van der Waals surface area contributed by atoms with Gasteiger partial charge in [0.2, 0.25) is 10.0 Å². The van der Waals surface area contributed by atoms with Crippen LogP contribution < -0.4 is 5.73 Å². The van der Waals surface area contributed by atoms with Crippen molar-refractivity contribution in [2.75, 3.05) is 24.6 Å². The van der Waals surface area contributed by atoms with Gasteiger partial charge >= 0.3 is 0 Å². The first-order valence-corrected chi connectivity index (χ1v) is 9.58. The van der Waals surface area contributed by atoms with E-state index >= 15 is 0 Å². The van der Waals surface area contributed by atoms with Crippen LogP contribution in [0.3, 0.4) is 0 Å². The van der Waals surface area contributed by atoms with Gasteiger partial charge in [-0.2, -0.15) is 4.31 Å². The van der Waals surface area contributed by atoms with Gasteiger partial charge in [-0.25, -0.2) is 8.42 Å². The quantitative estimate of drug-likeness (QED) is 0.893. The van der Waals surface area contributed by atoms with E-state index in [4.69, 9.17) is 5.73 Å². The van der Waals surface area contributed by atoms with Crippen molar-refractivity contribution in [3.8, 4) is 0 Å². The molecule has 1 aliphatic rings. The van der Waals surface area contributed by atoms with Gasteiger partial charge in [0.15, 0.2) is 0 Å². The highest BCUT2D eigenvalue weighted by Crippen LogP contribution is 2.22. The van der Waals surface area contributed by atoms with E-state index < -0.39 is 20.8 Å². The first kappa shape index (κ1) is 15.6. The van der Waals surface area contributed by atoms with Gasteiger partial charge < -0.3 is 5.73 Å². The van der Waals surface area contributed by atoms with Gasteiger partial charge in [-0.3, -0.25) is 4.21 Å². The second-order valence-corrected chi connectivity index (χ2v) is 8.47. The summed E-state index contributed by atoms with van der Waals surface area (Å²) in [6, 6.07) is 6.65. The lowest BCUT2D eigenvalue weighted by Gasteiger charge is -2.25. The maximum atomic E-state index is 12.5. The maximum absolute atomic E-state index is 12.5. The number of benzene rings is 1. The highest BCUT2D eigenvalue weighted by atomic mass is 32.2. The summed E-state index contributed by atoms with van der Waals surface area (Å²) in [6.07, 6.45) is 0.756. The molecule has 1 aromatic rings. The molecule has 1 aromatic carbocycles. The highest BCUT2D eigenvalue weighted by molar-refractivity contribution is 7.89. The fourth-order valence-corrected chi connectivity index (χ4v) is 4.93. The number of hydrogen-bond donors (Lipinski definition) is 1. The number of hydrogen-bond acceptors (Lipinski definition) is 4. The van der Waals surface area contributed by atoms with Gasteiger partial charge in [0.1, 0.15) is 0 Å². The van der Waals surface area contributed by atoms with Crippen LogP contribution in [0.1, 0.15) is 24.9 Å². The Bertz CT molecular complexity index is 591. The van der Waals surface area contributed by atoms with E-state index in [1.54, 1.807) is 18.2 Å². The molecule has 1 atom stereocenters. The fraction of sp³-hybridized carbons (Fsp3) is 0.538. The van der Waals surface area contributed by atoms with Crippen molar-refractivity contribution in [1.82, 2.24) is 4.31 Å². The largest absolute Gasteiger partial charge is 0.324 e. The molecule has 0 aromatic heterocycles. The van der Waals surface area contributed by atoms with Gasteiger partial charge in [-0.15, -0.1) is 0 Å². The molecule has 0 amide bonds. The minimum Gasteiger partial charge on any atom is -0.324 e. The van der Waals surface area contributed by atoms with E-state index in [9.17, 15) is 12.6 Å². The second kappa shape index (κ2) is 6.34. The Morgan fingerprint density at radius 2 is 2.00 bits per heavy atom. The zero-order valence-corrected chi connectivity index (χ0v) is 13.1. The number of nitrogens with zero attached hydrogens (tertiary/aromatic N) is 1. The van der Waals surface area contributed by atoms with Crippen LogP contribution in [-0.2, 0) is 20.8 Å². The zero-order valence-electron chi connectivity index (χ0n) is 11.5. The van der Waals surface area contributed by atoms with E-state index in [1.807, 2.05) is 13.0 Å². The van der Waals surface area contributed by atoms with Gasteiger partial charge in [-0.05, 0) is 24.1 Å². The van der Waals surface area contributed by atoms with Crippen molar-refractivity contribution in [3.05, 3.63) is 29.8 Å². The Morgan fingerprint density at radius 1 is 1.35 bits per heavy atom. The topological polar surface area (TPSA) is 80.5 Å². The fourth-order valence-electron chi connectivity index (χ4n) is 2.15. The molecule has 0 spiro atoms. The Hall–Kier alpha value is -0.760. The lowest BCUT2D eigenvalue weighted by molar-refractivity contribution is 0.438. The SMILES string of the molecule is CCC(N)c1cccc(S(=O)(=O)N2CCS(=O)CC2)c1. The summed E-state index contributed by atoms with van der Waals surface area (Å²) in [5.41, 5.74) is 6.78. The summed E-state index contributed by atoms with van der Waals surface area (Å²) < 4.78 is 37.8. The maximum Gasteiger partial charge on any atom is 0.243 e. The summed E-state index contributed by atoms with van der Waals surface area (Å²) in [5, 5.41) is 0. The molecule has 20 heavy (non-hydrogen) atoms. The van der Waals surface area contributed by atoms with E-state index in [0.717, 1.165) is 12.0 Å². The molecule has 2 N–H and O–H groups in total. The Balaban J connectivity index is 2.27. The molecule has 0 saturated carbocycles. The molecule has 7 heteroatoms. The minimum absolute atomic E-state index is 0.154. The molecular weight excluding hydrogens is 296 g/mol. The van der Waals surface area contributed by atoms with E-state index in [-0.39, 0.29) is 10.9 Å². The Labute approximate surface area is 122 Å². The normalized spacial score (nSPS) is 19.9. The summed E-state index contributed by atoms with van der Waals surface area (Å²) in [6.45, 7) is 2.60. The Kier molecular flexibility index (Phi) is 4.95. The van der Waals surface area contributed by atoms with Crippen LogP contribution in [0.15, 0.2) is 29.2 Å². The van der Waals surface area contributed by atoms with Crippen molar-refractivity contribution in [2.24, 2.45) is 5.73 Å². The van der Waals surface area contributed by atoms with Crippen LogP contribution in [0, 0.1) is 0 Å². The Morgan fingerprint density at radius 3 is 2.60 bits per heavy atom. The van der Waals surface area contributed by atoms with Crippen molar-refractivity contribution >= 4 is 20.8 Å². The number of rotatable bonds is 4. The van der Waals surface area contributed by atoms with Crippen molar-refractivity contribution in [3.63, 3.8) is 0 Å².